The fourth-order valence-electron chi connectivity index (χ4n) is 3.71. The fourth-order valence-corrected chi connectivity index (χ4v) is 3.71. The molecule has 3 aromatic carbocycles. The Bertz CT molecular complexity index is 1130. The maximum absolute atomic E-state index is 13.4. The summed E-state index contributed by atoms with van der Waals surface area (Å²) < 4.78 is 26.9. The van der Waals surface area contributed by atoms with Crippen molar-refractivity contribution in [3.63, 3.8) is 0 Å². The summed E-state index contributed by atoms with van der Waals surface area (Å²) >= 11 is 0. The summed E-state index contributed by atoms with van der Waals surface area (Å²) in [5.41, 5.74) is 4.05. The van der Waals surface area contributed by atoms with Crippen molar-refractivity contribution in [3.8, 4) is 0 Å². The standard InChI is InChI=1S/C26H25F2N3O/c1-26(2,3)19-8-14-22(15-9-19)29-25(32)31-16-23(17-4-10-20(27)11-5-17)24(30-31)18-6-12-21(28)13-7-18/h4-15,23H,16H2,1-3H3,(H,29,32). The van der Waals surface area contributed by atoms with E-state index in [0.717, 1.165) is 5.56 Å². The molecule has 0 saturated carbocycles. The van der Waals surface area contributed by atoms with Gasteiger partial charge in [0, 0.05) is 11.6 Å². The molecule has 0 saturated heterocycles. The van der Waals surface area contributed by atoms with Crippen LogP contribution in [0.25, 0.3) is 0 Å². The molecule has 164 valence electrons. The van der Waals surface area contributed by atoms with E-state index in [0.29, 0.717) is 23.5 Å². The minimum atomic E-state index is -0.363. The maximum atomic E-state index is 13.4. The first-order valence-electron chi connectivity index (χ1n) is 10.5. The second kappa shape index (κ2) is 8.54. The molecule has 1 heterocycles. The molecular weight excluding hydrogens is 408 g/mol. The smallest absolute Gasteiger partial charge is 0.306 e. The van der Waals surface area contributed by atoms with Crippen LogP contribution < -0.4 is 5.32 Å². The van der Waals surface area contributed by atoms with Gasteiger partial charge in [-0.3, -0.25) is 0 Å². The Labute approximate surface area is 186 Å². The molecule has 1 atom stereocenters. The molecular formula is C26H25F2N3O. The average molecular weight is 434 g/mol. The number of carbonyl (C=O) groups is 1. The third-order valence-electron chi connectivity index (χ3n) is 5.56. The number of nitrogens with one attached hydrogen (secondary N) is 1. The van der Waals surface area contributed by atoms with Crippen LogP contribution in [-0.4, -0.2) is 23.3 Å². The van der Waals surface area contributed by atoms with Gasteiger partial charge in [-0.05, 0) is 58.5 Å². The SMILES string of the molecule is CC(C)(C)c1ccc(NC(=O)N2CC(c3ccc(F)cc3)C(c3ccc(F)cc3)=N2)cc1. The number of halogens is 2. The zero-order chi connectivity index (χ0) is 22.9. The first-order valence-corrected chi connectivity index (χ1v) is 10.5. The molecule has 1 aliphatic rings. The van der Waals surface area contributed by atoms with E-state index < -0.39 is 0 Å². The molecule has 1 N–H and O–H groups in total. The van der Waals surface area contributed by atoms with Gasteiger partial charge in [0.15, 0.2) is 0 Å². The van der Waals surface area contributed by atoms with Gasteiger partial charge in [-0.1, -0.05) is 57.2 Å². The number of hydrazone groups is 1. The molecule has 0 aromatic heterocycles. The van der Waals surface area contributed by atoms with E-state index in [2.05, 4.69) is 31.2 Å². The number of amides is 2. The molecule has 1 unspecified atom stereocenters. The summed E-state index contributed by atoms with van der Waals surface area (Å²) in [6, 6.07) is 19.5. The highest BCUT2D eigenvalue weighted by Gasteiger charge is 2.32. The van der Waals surface area contributed by atoms with Gasteiger partial charge in [0.25, 0.3) is 0 Å². The van der Waals surface area contributed by atoms with Crippen LogP contribution in [0, 0.1) is 11.6 Å². The Morgan fingerprint density at radius 1 is 0.906 bits per heavy atom. The minimum absolute atomic E-state index is 0.0220. The zero-order valence-electron chi connectivity index (χ0n) is 18.3. The molecule has 0 bridgehead atoms. The molecule has 1 aliphatic heterocycles. The van der Waals surface area contributed by atoms with Gasteiger partial charge < -0.3 is 5.32 Å². The van der Waals surface area contributed by atoms with E-state index in [9.17, 15) is 13.6 Å². The van der Waals surface area contributed by atoms with Crippen LogP contribution in [0.3, 0.4) is 0 Å². The highest BCUT2D eigenvalue weighted by atomic mass is 19.1. The number of hydrogen-bond donors (Lipinski definition) is 1. The second-order valence-electron chi connectivity index (χ2n) is 8.94. The largest absolute Gasteiger partial charge is 0.342 e. The van der Waals surface area contributed by atoms with Crippen LogP contribution in [0.5, 0.6) is 0 Å². The van der Waals surface area contributed by atoms with E-state index in [1.54, 1.807) is 24.3 Å². The van der Waals surface area contributed by atoms with E-state index in [4.69, 9.17) is 0 Å². The topological polar surface area (TPSA) is 44.7 Å². The first kappa shape index (κ1) is 21.7. The van der Waals surface area contributed by atoms with Crippen molar-refractivity contribution in [1.82, 2.24) is 5.01 Å². The number of urea groups is 1. The number of carbonyl (C=O) groups excluding carboxylic acids is 1. The third-order valence-corrected chi connectivity index (χ3v) is 5.56. The van der Waals surface area contributed by atoms with Gasteiger partial charge in [-0.25, -0.2) is 18.6 Å². The normalized spacial score (nSPS) is 16.1. The lowest BCUT2D eigenvalue weighted by atomic mass is 9.87. The summed E-state index contributed by atoms with van der Waals surface area (Å²) in [6.45, 7) is 6.69. The van der Waals surface area contributed by atoms with Crippen molar-refractivity contribution in [2.75, 3.05) is 11.9 Å². The molecule has 0 spiro atoms. The summed E-state index contributed by atoms with van der Waals surface area (Å²) in [5.74, 6) is -0.936. The molecule has 32 heavy (non-hydrogen) atoms. The van der Waals surface area contributed by atoms with Gasteiger partial charge >= 0.3 is 6.03 Å². The summed E-state index contributed by atoms with van der Waals surface area (Å²) in [5, 5.41) is 8.79. The molecule has 4 rings (SSSR count). The number of anilines is 1. The van der Waals surface area contributed by atoms with Gasteiger partial charge in [-0.15, -0.1) is 0 Å². The monoisotopic (exact) mass is 433 g/mol. The predicted octanol–water partition coefficient (Wildman–Crippen LogP) is 6.30. The van der Waals surface area contributed by atoms with Crippen LogP contribution in [0.15, 0.2) is 77.9 Å². The Balaban J connectivity index is 1.58. The lowest BCUT2D eigenvalue weighted by Gasteiger charge is -2.20. The van der Waals surface area contributed by atoms with E-state index >= 15 is 0 Å². The number of benzene rings is 3. The molecule has 0 radical (unpaired) electrons. The van der Waals surface area contributed by atoms with Crippen molar-refractivity contribution in [3.05, 3.63) is 101 Å². The molecule has 0 aliphatic carbocycles. The van der Waals surface area contributed by atoms with Gasteiger partial charge in [-0.2, -0.15) is 5.10 Å². The van der Waals surface area contributed by atoms with E-state index in [1.165, 1.54) is 34.8 Å². The maximum Gasteiger partial charge on any atom is 0.342 e. The van der Waals surface area contributed by atoms with Crippen LogP contribution in [0.2, 0.25) is 0 Å². The lowest BCUT2D eigenvalue weighted by Crippen LogP contribution is -2.30. The molecule has 2 amide bonds. The number of rotatable bonds is 3. The zero-order valence-corrected chi connectivity index (χ0v) is 18.3. The Kier molecular flexibility index (Phi) is 5.78. The number of hydrogen-bond acceptors (Lipinski definition) is 2. The summed E-state index contributed by atoms with van der Waals surface area (Å²) in [4.78, 5) is 12.9. The van der Waals surface area contributed by atoms with E-state index in [1.807, 2.05) is 24.3 Å². The Morgan fingerprint density at radius 3 is 2.03 bits per heavy atom. The summed E-state index contributed by atoms with van der Waals surface area (Å²) in [6.07, 6.45) is 0. The predicted molar refractivity (Wildman–Crippen MR) is 123 cm³/mol. The molecule has 0 fully saturated rings. The van der Waals surface area contributed by atoms with Crippen molar-refractivity contribution in [1.29, 1.82) is 0 Å². The third kappa shape index (κ3) is 4.69. The lowest BCUT2D eigenvalue weighted by molar-refractivity contribution is 0.218. The van der Waals surface area contributed by atoms with Crippen molar-refractivity contribution < 1.29 is 13.6 Å². The summed E-state index contributed by atoms with van der Waals surface area (Å²) in [7, 11) is 0. The highest BCUT2D eigenvalue weighted by molar-refractivity contribution is 6.07. The quantitative estimate of drug-likeness (QED) is 0.518. The van der Waals surface area contributed by atoms with Gasteiger partial charge in [0.05, 0.1) is 12.3 Å². The average Bonchev–Trinajstić information content (AvgIpc) is 3.20. The molecule has 3 aromatic rings. The second-order valence-corrected chi connectivity index (χ2v) is 8.94. The highest BCUT2D eigenvalue weighted by Crippen LogP contribution is 2.30. The van der Waals surface area contributed by atoms with E-state index in [-0.39, 0.29) is 29.0 Å². The fraction of sp³-hybridized carbons (Fsp3) is 0.231. The Hall–Kier alpha value is -3.54. The molecule has 4 nitrogen and oxygen atoms in total. The van der Waals surface area contributed by atoms with Gasteiger partial charge in [0.1, 0.15) is 11.6 Å². The van der Waals surface area contributed by atoms with Crippen LogP contribution in [0.1, 0.15) is 43.4 Å². The van der Waals surface area contributed by atoms with Crippen LogP contribution in [0.4, 0.5) is 19.3 Å². The van der Waals surface area contributed by atoms with Crippen molar-refractivity contribution in [2.45, 2.75) is 32.1 Å². The first-order chi connectivity index (χ1) is 15.2. The number of nitrogens with zero attached hydrogens (tertiary/aromatic N) is 2. The Morgan fingerprint density at radius 2 is 1.47 bits per heavy atom. The van der Waals surface area contributed by atoms with Crippen molar-refractivity contribution in [2.24, 2.45) is 5.10 Å². The van der Waals surface area contributed by atoms with Gasteiger partial charge in [0.2, 0.25) is 0 Å². The van der Waals surface area contributed by atoms with Crippen molar-refractivity contribution >= 4 is 17.4 Å². The van der Waals surface area contributed by atoms with Crippen LogP contribution >= 0.6 is 0 Å². The molecule has 6 heteroatoms. The minimum Gasteiger partial charge on any atom is -0.306 e. The van der Waals surface area contributed by atoms with Crippen LogP contribution in [-0.2, 0) is 5.41 Å².